The van der Waals surface area contributed by atoms with Crippen LogP contribution in [0.15, 0.2) is 60.7 Å². The molecule has 1 aliphatic rings. The van der Waals surface area contributed by atoms with E-state index in [1.165, 1.54) is 0 Å². The molecule has 1 aliphatic heterocycles. The third-order valence-corrected chi connectivity index (χ3v) is 5.33. The Morgan fingerprint density at radius 2 is 1.66 bits per heavy atom. The molecule has 0 saturated carbocycles. The van der Waals surface area contributed by atoms with Gasteiger partial charge in [-0.2, -0.15) is 0 Å². The summed E-state index contributed by atoms with van der Waals surface area (Å²) in [5.74, 6) is -0.536. The molecule has 0 radical (unpaired) electrons. The molecule has 1 atom stereocenters. The Kier molecular flexibility index (Phi) is 4.93. The number of rotatable bonds is 3. The molecule has 3 aromatic carbocycles. The van der Waals surface area contributed by atoms with E-state index in [1.807, 2.05) is 63.2 Å². The van der Waals surface area contributed by atoms with Crippen LogP contribution in [0.4, 0.5) is 5.69 Å². The highest BCUT2D eigenvalue weighted by Gasteiger charge is 2.28. The van der Waals surface area contributed by atoms with Gasteiger partial charge < -0.3 is 10.1 Å². The van der Waals surface area contributed by atoms with Crippen molar-refractivity contribution in [2.24, 2.45) is 0 Å². The van der Waals surface area contributed by atoms with Crippen LogP contribution in [0.2, 0.25) is 0 Å². The fourth-order valence-electron chi connectivity index (χ4n) is 3.57. The third kappa shape index (κ3) is 3.92. The number of cyclic esters (lactones) is 1. The maximum atomic E-state index is 12.8. The van der Waals surface area contributed by atoms with E-state index in [0.29, 0.717) is 17.5 Å². The van der Waals surface area contributed by atoms with Gasteiger partial charge in [0, 0.05) is 17.7 Å². The van der Waals surface area contributed by atoms with E-state index in [-0.39, 0.29) is 18.0 Å². The number of amides is 1. The number of fused-ring (bicyclic) bond motifs is 1. The minimum atomic E-state index is -0.349. The second-order valence-corrected chi connectivity index (χ2v) is 7.65. The van der Waals surface area contributed by atoms with Crippen molar-refractivity contribution in [2.45, 2.75) is 33.3 Å². The molecule has 0 saturated heterocycles. The Balaban J connectivity index is 1.60. The molecule has 4 heteroatoms. The molecule has 1 unspecified atom stereocenters. The summed E-state index contributed by atoms with van der Waals surface area (Å²) in [6.45, 7) is 5.97. The summed E-state index contributed by atoms with van der Waals surface area (Å²) in [4.78, 5) is 25.3. The van der Waals surface area contributed by atoms with Crippen LogP contribution >= 0.6 is 0 Å². The van der Waals surface area contributed by atoms with E-state index in [1.54, 1.807) is 18.2 Å². The summed E-state index contributed by atoms with van der Waals surface area (Å²) in [6, 6.07) is 19.1. The molecule has 4 nitrogen and oxygen atoms in total. The smallest absolute Gasteiger partial charge is 0.339 e. The molecule has 4 rings (SSSR count). The standard InChI is InChI=1S/C25H23NO3/c1-15-5-8-18(9-6-15)23-14-20-13-19(10-11-21(20)25(28)29-23)24(27)26-22-12-16(2)4-7-17(22)3/h4-13,23H,14H2,1-3H3,(H,26,27). The van der Waals surface area contributed by atoms with Gasteiger partial charge in [-0.15, -0.1) is 0 Å². The van der Waals surface area contributed by atoms with E-state index >= 15 is 0 Å². The van der Waals surface area contributed by atoms with Crippen molar-refractivity contribution in [1.29, 1.82) is 0 Å². The molecule has 29 heavy (non-hydrogen) atoms. The second-order valence-electron chi connectivity index (χ2n) is 7.65. The average molecular weight is 385 g/mol. The highest BCUT2D eigenvalue weighted by molar-refractivity contribution is 6.05. The van der Waals surface area contributed by atoms with Gasteiger partial charge in [-0.05, 0) is 67.3 Å². The lowest BCUT2D eigenvalue weighted by Crippen LogP contribution is -2.23. The van der Waals surface area contributed by atoms with Crippen molar-refractivity contribution in [2.75, 3.05) is 5.32 Å². The van der Waals surface area contributed by atoms with Crippen LogP contribution in [0.3, 0.4) is 0 Å². The van der Waals surface area contributed by atoms with Crippen LogP contribution in [0.25, 0.3) is 0 Å². The first-order chi connectivity index (χ1) is 13.9. The number of ether oxygens (including phenoxy) is 1. The van der Waals surface area contributed by atoms with Gasteiger partial charge in [0.15, 0.2) is 0 Å². The summed E-state index contributed by atoms with van der Waals surface area (Å²) in [7, 11) is 0. The Bertz CT molecular complexity index is 1100. The van der Waals surface area contributed by atoms with E-state index < -0.39 is 0 Å². The third-order valence-electron chi connectivity index (χ3n) is 5.33. The first kappa shape index (κ1) is 18.9. The van der Waals surface area contributed by atoms with Gasteiger partial charge in [-0.3, -0.25) is 4.79 Å². The molecule has 146 valence electrons. The molecule has 1 N–H and O–H groups in total. The van der Waals surface area contributed by atoms with Crippen LogP contribution in [0.1, 0.15) is 54.6 Å². The van der Waals surface area contributed by atoms with Crippen molar-refractivity contribution in [3.63, 3.8) is 0 Å². The lowest BCUT2D eigenvalue weighted by atomic mass is 9.92. The molecule has 0 aromatic heterocycles. The Labute approximate surface area is 170 Å². The SMILES string of the molecule is Cc1ccc(C2Cc3cc(C(=O)Nc4cc(C)ccc4C)ccc3C(=O)O2)cc1. The van der Waals surface area contributed by atoms with Crippen LogP contribution in [0, 0.1) is 20.8 Å². The number of carbonyl (C=O) groups is 2. The number of anilines is 1. The summed E-state index contributed by atoms with van der Waals surface area (Å²) in [6.07, 6.45) is 0.210. The summed E-state index contributed by atoms with van der Waals surface area (Å²) >= 11 is 0. The normalized spacial score (nSPS) is 15.4. The van der Waals surface area contributed by atoms with Gasteiger partial charge in [0.1, 0.15) is 6.10 Å². The van der Waals surface area contributed by atoms with Gasteiger partial charge in [0.05, 0.1) is 5.56 Å². The van der Waals surface area contributed by atoms with Crippen LogP contribution < -0.4 is 5.32 Å². The number of benzene rings is 3. The quantitative estimate of drug-likeness (QED) is 0.621. The number of carbonyl (C=O) groups excluding carboxylic acids is 2. The molecule has 1 amide bonds. The predicted molar refractivity (Wildman–Crippen MR) is 113 cm³/mol. The molecular weight excluding hydrogens is 362 g/mol. The first-order valence-electron chi connectivity index (χ1n) is 9.70. The highest BCUT2D eigenvalue weighted by atomic mass is 16.5. The number of nitrogens with one attached hydrogen (secondary N) is 1. The van der Waals surface area contributed by atoms with E-state index in [4.69, 9.17) is 4.74 Å². The minimum Gasteiger partial charge on any atom is -0.454 e. The topological polar surface area (TPSA) is 55.4 Å². The zero-order chi connectivity index (χ0) is 20.5. The van der Waals surface area contributed by atoms with E-state index in [2.05, 4.69) is 5.32 Å². The van der Waals surface area contributed by atoms with Crippen molar-refractivity contribution in [3.8, 4) is 0 Å². The first-order valence-corrected chi connectivity index (χ1v) is 9.70. The predicted octanol–water partition coefficient (Wildman–Crippen LogP) is 5.32. The fraction of sp³-hybridized carbons (Fsp3) is 0.200. The average Bonchev–Trinajstić information content (AvgIpc) is 2.70. The molecular formula is C25H23NO3. The molecule has 0 aliphatic carbocycles. The van der Waals surface area contributed by atoms with Gasteiger partial charge in [0.2, 0.25) is 0 Å². The monoisotopic (exact) mass is 385 g/mol. The maximum absolute atomic E-state index is 12.8. The number of hydrogen-bond donors (Lipinski definition) is 1. The molecule has 0 fully saturated rings. The van der Waals surface area contributed by atoms with Crippen LogP contribution in [-0.2, 0) is 11.2 Å². The second kappa shape index (κ2) is 7.55. The van der Waals surface area contributed by atoms with Gasteiger partial charge >= 0.3 is 5.97 Å². The van der Waals surface area contributed by atoms with Crippen LogP contribution in [-0.4, -0.2) is 11.9 Å². The Morgan fingerprint density at radius 1 is 0.931 bits per heavy atom. The van der Waals surface area contributed by atoms with Crippen molar-refractivity contribution < 1.29 is 14.3 Å². The van der Waals surface area contributed by atoms with Gasteiger partial charge in [0.25, 0.3) is 5.91 Å². The number of hydrogen-bond acceptors (Lipinski definition) is 3. The summed E-state index contributed by atoms with van der Waals surface area (Å²) < 4.78 is 5.62. The summed E-state index contributed by atoms with van der Waals surface area (Å²) in [5.41, 5.74) is 6.88. The largest absolute Gasteiger partial charge is 0.454 e. The van der Waals surface area contributed by atoms with Gasteiger partial charge in [-0.25, -0.2) is 4.79 Å². The van der Waals surface area contributed by atoms with Crippen molar-refractivity contribution in [1.82, 2.24) is 0 Å². The molecule has 3 aromatic rings. The maximum Gasteiger partial charge on any atom is 0.339 e. The van der Waals surface area contributed by atoms with Crippen LogP contribution in [0.5, 0.6) is 0 Å². The lowest BCUT2D eigenvalue weighted by molar-refractivity contribution is 0.0252. The number of aryl methyl sites for hydroxylation is 3. The fourth-order valence-corrected chi connectivity index (χ4v) is 3.57. The van der Waals surface area contributed by atoms with Crippen molar-refractivity contribution in [3.05, 3.63) is 99.6 Å². The molecule has 0 spiro atoms. The molecule has 0 bridgehead atoms. The highest BCUT2D eigenvalue weighted by Crippen LogP contribution is 2.31. The minimum absolute atomic E-state index is 0.188. The van der Waals surface area contributed by atoms with E-state index in [9.17, 15) is 9.59 Å². The lowest BCUT2D eigenvalue weighted by Gasteiger charge is -2.25. The zero-order valence-corrected chi connectivity index (χ0v) is 16.8. The molecule has 1 heterocycles. The Morgan fingerprint density at radius 3 is 2.41 bits per heavy atom. The Hall–Kier alpha value is -3.40. The van der Waals surface area contributed by atoms with Crippen molar-refractivity contribution >= 4 is 17.6 Å². The van der Waals surface area contributed by atoms with Gasteiger partial charge in [-0.1, -0.05) is 42.0 Å². The zero-order valence-electron chi connectivity index (χ0n) is 16.8. The summed E-state index contributed by atoms with van der Waals surface area (Å²) in [5, 5.41) is 2.98. The van der Waals surface area contributed by atoms with E-state index in [0.717, 1.165) is 33.5 Å². The number of esters is 1.